The molecule has 0 aromatic rings. The zero-order valence-corrected chi connectivity index (χ0v) is 10.4. The van der Waals surface area contributed by atoms with E-state index in [2.05, 4.69) is 28.7 Å². The van der Waals surface area contributed by atoms with Gasteiger partial charge in [0.2, 0.25) is 0 Å². The third-order valence-electron chi connectivity index (χ3n) is 1.41. The minimum atomic E-state index is -0.657. The van der Waals surface area contributed by atoms with Crippen molar-refractivity contribution < 1.29 is 55.1 Å². The first-order chi connectivity index (χ1) is 3.80. The summed E-state index contributed by atoms with van der Waals surface area (Å²) in [4.78, 5) is 0. The number of allylic oxidation sites excluding steroid dienone is 4. The molecule has 0 saturated heterocycles. The number of rotatable bonds is 1. The molecule has 0 saturated carbocycles. The van der Waals surface area contributed by atoms with Crippen LogP contribution in [-0.2, 0) is 17.9 Å². The van der Waals surface area contributed by atoms with Gasteiger partial charge in [-0.25, -0.2) is 0 Å². The van der Waals surface area contributed by atoms with Gasteiger partial charge in [0.05, 0.1) is 0 Å². The zero-order chi connectivity index (χ0) is 5.98. The summed E-state index contributed by atoms with van der Waals surface area (Å²) < 4.78 is 1.73. The Bertz CT molecular complexity index is 141. The van der Waals surface area contributed by atoms with Crippen LogP contribution in [0.3, 0.4) is 0 Å². The normalized spacial score (nSPS) is 11.2. The molecule has 0 amide bonds. The summed E-state index contributed by atoms with van der Waals surface area (Å²) in [5, 5.41) is 4.80. The topological polar surface area (TPSA) is 0 Å². The fraction of sp³-hybridized carbons (Fsp3) is 0.429. The van der Waals surface area contributed by atoms with Gasteiger partial charge >= 0.3 is 56.9 Å². The van der Waals surface area contributed by atoms with E-state index in [0.29, 0.717) is 0 Å². The molecule has 0 fully saturated rings. The minimum absolute atomic E-state index is 0. The molecule has 0 unspecified atom stereocenters. The Balaban J connectivity index is -0.000000213. The van der Waals surface area contributed by atoms with E-state index in [-0.39, 0.29) is 37.2 Å². The molecule has 0 heterocycles. The standard InChI is InChI=1S/C5H5.2CH3.3ClH.Ti/c1-2-4-5-3-1;;;;;;/h1-3H,4H2;2*1H3;3*1H;/q;;;;;;+3/p-3. The first kappa shape index (κ1) is 18.0. The van der Waals surface area contributed by atoms with Gasteiger partial charge in [-0.05, 0) is 0 Å². The van der Waals surface area contributed by atoms with Gasteiger partial charge in [-0.1, -0.05) is 0 Å². The van der Waals surface area contributed by atoms with Gasteiger partial charge in [0.1, 0.15) is 0 Å². The molecule has 64 valence electrons. The van der Waals surface area contributed by atoms with Crippen molar-refractivity contribution in [2.45, 2.75) is 16.9 Å². The quantitative estimate of drug-likeness (QED) is 0.406. The number of hydrogen-bond donors (Lipinski definition) is 0. The summed E-state index contributed by atoms with van der Waals surface area (Å²) in [5.74, 6) is 0. The molecule has 11 heavy (non-hydrogen) atoms. The largest absolute Gasteiger partial charge is 1.00 e. The van der Waals surface area contributed by atoms with Crippen LogP contribution in [0.25, 0.3) is 0 Å². The van der Waals surface area contributed by atoms with Crippen molar-refractivity contribution in [3.05, 3.63) is 22.1 Å². The molecule has 0 N–H and O–H groups in total. The van der Waals surface area contributed by atoms with Crippen LogP contribution in [0.2, 0.25) is 10.5 Å². The zero-order valence-electron chi connectivity index (χ0n) is 6.57. The van der Waals surface area contributed by atoms with E-state index in [1.165, 1.54) is 6.42 Å². The van der Waals surface area contributed by atoms with Gasteiger partial charge in [0, 0.05) is 0 Å². The summed E-state index contributed by atoms with van der Waals surface area (Å²) >= 11 is -0.657. The van der Waals surface area contributed by atoms with Gasteiger partial charge in [-0.2, -0.15) is 0 Å². The molecule has 1 rings (SSSR count). The first-order valence-corrected chi connectivity index (χ1v) is 6.87. The van der Waals surface area contributed by atoms with Crippen LogP contribution in [0.15, 0.2) is 22.1 Å². The maximum atomic E-state index is 2.40. The Hall–Kier alpha value is 1.06. The predicted octanol–water partition coefficient (Wildman–Crippen LogP) is -6.44. The van der Waals surface area contributed by atoms with Crippen molar-refractivity contribution in [1.82, 2.24) is 0 Å². The van der Waals surface area contributed by atoms with Crippen molar-refractivity contribution >= 4 is 0 Å². The predicted molar refractivity (Wildman–Crippen MR) is 33.6 cm³/mol. The van der Waals surface area contributed by atoms with Gasteiger partial charge in [-0.3, -0.25) is 0 Å². The Labute approximate surface area is 93.6 Å². The monoisotopic (exact) mass is 248 g/mol. The van der Waals surface area contributed by atoms with Gasteiger partial charge in [-0.15, -0.1) is 0 Å². The Morgan fingerprint density at radius 3 is 1.91 bits per heavy atom. The van der Waals surface area contributed by atoms with E-state index in [4.69, 9.17) is 0 Å². The summed E-state index contributed by atoms with van der Waals surface area (Å²) in [5.41, 5.74) is 0. The molecule has 1 aliphatic carbocycles. The molecule has 0 spiro atoms. The minimum Gasteiger partial charge on any atom is -1.00 e. The first-order valence-electron chi connectivity index (χ1n) is 2.97. The van der Waals surface area contributed by atoms with Gasteiger partial charge < -0.3 is 37.2 Å². The summed E-state index contributed by atoms with van der Waals surface area (Å²) in [6.07, 6.45) is 7.96. The van der Waals surface area contributed by atoms with Crippen molar-refractivity contribution in [2.24, 2.45) is 0 Å². The molecule has 1 aliphatic rings. The number of halogens is 3. The third kappa shape index (κ3) is 6.25. The third-order valence-corrected chi connectivity index (χ3v) is 4.00. The van der Waals surface area contributed by atoms with Gasteiger partial charge in [0.15, 0.2) is 0 Å². The van der Waals surface area contributed by atoms with E-state index in [9.17, 15) is 0 Å². The fourth-order valence-corrected chi connectivity index (χ4v) is 2.31. The van der Waals surface area contributed by atoms with Crippen LogP contribution in [-0.4, -0.2) is 0 Å². The molecule has 0 nitrogen and oxygen atoms in total. The van der Waals surface area contributed by atoms with E-state index >= 15 is 0 Å². The van der Waals surface area contributed by atoms with E-state index in [1.54, 1.807) is 3.88 Å². The molecular weight excluding hydrogens is 238 g/mol. The fourth-order valence-electron chi connectivity index (χ4n) is 0.818. The Morgan fingerprint density at radius 2 is 1.73 bits per heavy atom. The van der Waals surface area contributed by atoms with Crippen molar-refractivity contribution in [3.8, 4) is 0 Å². The Kier molecular flexibility index (Phi) is 15.0. The average molecular weight is 249 g/mol. The van der Waals surface area contributed by atoms with Crippen molar-refractivity contribution in [1.29, 1.82) is 0 Å². The van der Waals surface area contributed by atoms with Crippen LogP contribution in [0.1, 0.15) is 6.42 Å². The van der Waals surface area contributed by atoms with Crippen molar-refractivity contribution in [3.63, 3.8) is 0 Å². The molecule has 4 heteroatoms. The summed E-state index contributed by atoms with van der Waals surface area (Å²) in [6.45, 7) is 0. The van der Waals surface area contributed by atoms with Crippen LogP contribution >= 0.6 is 0 Å². The second kappa shape index (κ2) is 9.15. The second-order valence-corrected chi connectivity index (χ2v) is 6.45. The van der Waals surface area contributed by atoms with Crippen LogP contribution in [0, 0.1) is 0 Å². The van der Waals surface area contributed by atoms with E-state index < -0.39 is 17.9 Å². The molecular formula is C7H11Cl3Ti. The molecule has 0 radical (unpaired) electrons. The second-order valence-electron chi connectivity index (χ2n) is 2.32. The van der Waals surface area contributed by atoms with Crippen LogP contribution in [0.4, 0.5) is 0 Å². The average Bonchev–Trinajstić information content (AvgIpc) is 2.12. The summed E-state index contributed by atoms with van der Waals surface area (Å²) in [7, 11) is 0. The molecule has 0 aromatic carbocycles. The van der Waals surface area contributed by atoms with E-state index in [0.717, 1.165) is 0 Å². The maximum absolute atomic E-state index is 2.40. The number of hydrogen-bond acceptors (Lipinski definition) is 0. The molecule has 0 atom stereocenters. The molecule has 0 bridgehead atoms. The van der Waals surface area contributed by atoms with Crippen LogP contribution < -0.4 is 37.2 Å². The smallest absolute Gasteiger partial charge is 1.00 e. The molecule has 0 aliphatic heterocycles. The van der Waals surface area contributed by atoms with Crippen LogP contribution in [0.5, 0.6) is 0 Å². The summed E-state index contributed by atoms with van der Waals surface area (Å²) in [6, 6.07) is 0. The van der Waals surface area contributed by atoms with Crippen molar-refractivity contribution in [2.75, 3.05) is 0 Å². The van der Waals surface area contributed by atoms with E-state index in [1.807, 2.05) is 0 Å². The molecule has 0 aromatic heterocycles. The maximum Gasteiger partial charge on any atom is -1.00 e. The van der Waals surface area contributed by atoms with Gasteiger partial charge in [0.25, 0.3) is 0 Å². The Morgan fingerprint density at radius 1 is 1.18 bits per heavy atom. The SMILES string of the molecule is [CH3][Ti+3]([CH3])[C]1=CC=CC1.[Cl-].[Cl-].[Cl-].